The average molecular weight is 358 g/mol. The molecule has 3 rings (SSSR count). The van der Waals surface area contributed by atoms with E-state index < -0.39 is 0 Å². The SMILES string of the molecule is COc1cc2c(cc1OC)CN([C@@H](C)c1nc(N)nc(N(C)C)n1)CC2. The molecule has 0 spiro atoms. The average Bonchev–Trinajstić information content (AvgIpc) is 2.65. The number of hydrogen-bond donors (Lipinski definition) is 1. The molecule has 0 fully saturated rings. The zero-order valence-electron chi connectivity index (χ0n) is 16.0. The molecule has 1 aromatic carbocycles. The molecule has 0 aliphatic carbocycles. The van der Waals surface area contributed by atoms with Crippen molar-refractivity contribution in [2.75, 3.05) is 45.5 Å². The molecule has 2 heterocycles. The number of rotatable bonds is 5. The Balaban J connectivity index is 1.86. The minimum absolute atomic E-state index is 0.0280. The molecule has 2 aromatic rings. The first kappa shape index (κ1) is 18.2. The van der Waals surface area contributed by atoms with Crippen molar-refractivity contribution < 1.29 is 9.47 Å². The number of benzene rings is 1. The zero-order chi connectivity index (χ0) is 18.8. The van der Waals surface area contributed by atoms with Gasteiger partial charge in [-0.1, -0.05) is 0 Å². The van der Waals surface area contributed by atoms with Gasteiger partial charge in [-0.3, -0.25) is 4.90 Å². The van der Waals surface area contributed by atoms with Gasteiger partial charge >= 0.3 is 0 Å². The Morgan fingerprint density at radius 1 is 1.08 bits per heavy atom. The first-order chi connectivity index (χ1) is 12.4. The van der Waals surface area contributed by atoms with Crippen LogP contribution in [0.4, 0.5) is 11.9 Å². The summed E-state index contributed by atoms with van der Waals surface area (Å²) < 4.78 is 10.9. The molecule has 8 heteroatoms. The molecule has 26 heavy (non-hydrogen) atoms. The van der Waals surface area contributed by atoms with Gasteiger partial charge in [0.15, 0.2) is 17.3 Å². The Labute approximate surface area is 154 Å². The molecule has 0 unspecified atom stereocenters. The summed E-state index contributed by atoms with van der Waals surface area (Å²) in [5, 5.41) is 0. The molecular weight excluding hydrogens is 332 g/mol. The van der Waals surface area contributed by atoms with Gasteiger partial charge < -0.3 is 20.1 Å². The van der Waals surface area contributed by atoms with Crippen LogP contribution >= 0.6 is 0 Å². The van der Waals surface area contributed by atoms with Crippen molar-refractivity contribution in [1.82, 2.24) is 19.9 Å². The highest BCUT2D eigenvalue weighted by atomic mass is 16.5. The van der Waals surface area contributed by atoms with Gasteiger partial charge in [-0.25, -0.2) is 0 Å². The van der Waals surface area contributed by atoms with Gasteiger partial charge in [0.05, 0.1) is 20.3 Å². The largest absolute Gasteiger partial charge is 0.493 e. The minimum atomic E-state index is 0.0280. The van der Waals surface area contributed by atoms with Crippen LogP contribution in [0.1, 0.15) is 29.9 Å². The van der Waals surface area contributed by atoms with Crippen LogP contribution in [0.2, 0.25) is 0 Å². The van der Waals surface area contributed by atoms with Crippen molar-refractivity contribution in [2.45, 2.75) is 25.9 Å². The van der Waals surface area contributed by atoms with Gasteiger partial charge in [0, 0.05) is 27.2 Å². The van der Waals surface area contributed by atoms with Crippen LogP contribution in [0.3, 0.4) is 0 Å². The number of anilines is 2. The van der Waals surface area contributed by atoms with E-state index in [1.54, 1.807) is 14.2 Å². The molecule has 0 amide bonds. The maximum atomic E-state index is 5.87. The van der Waals surface area contributed by atoms with E-state index >= 15 is 0 Å². The Hall–Kier alpha value is -2.61. The Morgan fingerprint density at radius 2 is 1.73 bits per heavy atom. The number of nitrogens with two attached hydrogens (primary N) is 1. The topological polar surface area (TPSA) is 89.6 Å². The Bertz CT molecular complexity index is 795. The lowest BCUT2D eigenvalue weighted by Crippen LogP contribution is -2.34. The highest BCUT2D eigenvalue weighted by Crippen LogP contribution is 2.35. The van der Waals surface area contributed by atoms with E-state index in [-0.39, 0.29) is 12.0 Å². The van der Waals surface area contributed by atoms with E-state index in [1.807, 2.05) is 19.0 Å². The molecule has 8 nitrogen and oxygen atoms in total. The second-order valence-corrected chi connectivity index (χ2v) is 6.62. The number of fused-ring (bicyclic) bond motifs is 1. The van der Waals surface area contributed by atoms with Crippen molar-refractivity contribution >= 4 is 11.9 Å². The molecule has 140 valence electrons. The third kappa shape index (κ3) is 3.50. The predicted molar refractivity (Wildman–Crippen MR) is 101 cm³/mol. The molecule has 1 aromatic heterocycles. The third-order valence-electron chi connectivity index (χ3n) is 4.73. The fraction of sp³-hybridized carbons (Fsp3) is 0.500. The van der Waals surface area contributed by atoms with Crippen LogP contribution in [0.15, 0.2) is 12.1 Å². The van der Waals surface area contributed by atoms with E-state index in [0.29, 0.717) is 11.8 Å². The summed E-state index contributed by atoms with van der Waals surface area (Å²) in [6.07, 6.45) is 0.932. The lowest BCUT2D eigenvalue weighted by atomic mass is 9.97. The first-order valence-electron chi connectivity index (χ1n) is 8.59. The summed E-state index contributed by atoms with van der Waals surface area (Å²) in [5.74, 6) is 3.02. The number of methoxy groups -OCH3 is 2. The molecule has 1 aliphatic rings. The van der Waals surface area contributed by atoms with E-state index in [9.17, 15) is 0 Å². The van der Waals surface area contributed by atoms with Gasteiger partial charge in [-0.05, 0) is 36.6 Å². The van der Waals surface area contributed by atoms with Crippen LogP contribution in [-0.4, -0.2) is 54.7 Å². The van der Waals surface area contributed by atoms with Crippen molar-refractivity contribution in [2.24, 2.45) is 0 Å². The van der Waals surface area contributed by atoms with E-state index in [4.69, 9.17) is 15.2 Å². The fourth-order valence-corrected chi connectivity index (χ4v) is 3.18. The normalized spacial score (nSPS) is 15.3. The number of hydrogen-bond acceptors (Lipinski definition) is 8. The monoisotopic (exact) mass is 358 g/mol. The van der Waals surface area contributed by atoms with Crippen LogP contribution in [0, 0.1) is 0 Å². The first-order valence-corrected chi connectivity index (χ1v) is 8.59. The van der Waals surface area contributed by atoms with Crippen LogP contribution in [0.25, 0.3) is 0 Å². The number of aromatic nitrogens is 3. The minimum Gasteiger partial charge on any atom is -0.493 e. The Kier molecular flexibility index (Phi) is 5.13. The van der Waals surface area contributed by atoms with E-state index in [1.165, 1.54) is 11.1 Å². The molecule has 1 aliphatic heterocycles. The second-order valence-electron chi connectivity index (χ2n) is 6.62. The molecule has 0 bridgehead atoms. The summed E-state index contributed by atoms with van der Waals surface area (Å²) in [6.45, 7) is 3.80. The van der Waals surface area contributed by atoms with Crippen LogP contribution in [0.5, 0.6) is 11.5 Å². The molecule has 1 atom stereocenters. The smallest absolute Gasteiger partial charge is 0.229 e. The highest BCUT2D eigenvalue weighted by Gasteiger charge is 2.26. The molecule has 2 N–H and O–H groups in total. The van der Waals surface area contributed by atoms with Crippen molar-refractivity contribution in [1.29, 1.82) is 0 Å². The molecule has 0 saturated heterocycles. The standard InChI is InChI=1S/C18H26N6O2/c1-11(16-20-17(19)22-18(21-16)23(2)3)24-7-6-12-8-14(25-4)15(26-5)9-13(12)10-24/h8-9,11H,6-7,10H2,1-5H3,(H2,19,20,21,22)/t11-/m0/s1. The summed E-state index contributed by atoms with van der Waals surface area (Å²) in [5.41, 5.74) is 8.39. The molecular formula is C18H26N6O2. The van der Waals surface area contributed by atoms with Gasteiger partial charge in [-0.2, -0.15) is 15.0 Å². The van der Waals surface area contributed by atoms with Crippen molar-refractivity contribution in [3.05, 3.63) is 29.1 Å². The zero-order valence-corrected chi connectivity index (χ0v) is 16.0. The predicted octanol–water partition coefficient (Wildman–Crippen LogP) is 1.66. The van der Waals surface area contributed by atoms with Gasteiger partial charge in [-0.15, -0.1) is 0 Å². The second kappa shape index (κ2) is 7.33. The number of nitrogens with zero attached hydrogens (tertiary/aromatic N) is 5. The van der Waals surface area contributed by atoms with E-state index in [2.05, 4.69) is 38.9 Å². The number of nitrogen functional groups attached to an aromatic ring is 1. The van der Waals surface area contributed by atoms with Gasteiger partial charge in [0.1, 0.15) is 0 Å². The maximum Gasteiger partial charge on any atom is 0.229 e. The van der Waals surface area contributed by atoms with Crippen molar-refractivity contribution in [3.63, 3.8) is 0 Å². The van der Waals surface area contributed by atoms with Gasteiger partial charge in [0.2, 0.25) is 11.9 Å². The molecule has 0 saturated carbocycles. The summed E-state index contributed by atoms with van der Waals surface area (Å²) in [4.78, 5) is 17.3. The lowest BCUT2D eigenvalue weighted by molar-refractivity contribution is 0.184. The van der Waals surface area contributed by atoms with Crippen LogP contribution in [-0.2, 0) is 13.0 Å². The lowest BCUT2D eigenvalue weighted by Gasteiger charge is -2.33. The van der Waals surface area contributed by atoms with Crippen LogP contribution < -0.4 is 20.1 Å². The summed E-state index contributed by atoms with van der Waals surface area (Å²) >= 11 is 0. The number of ether oxygens (including phenoxy) is 2. The fourth-order valence-electron chi connectivity index (χ4n) is 3.18. The maximum absolute atomic E-state index is 5.87. The summed E-state index contributed by atoms with van der Waals surface area (Å²) in [7, 11) is 7.10. The summed E-state index contributed by atoms with van der Waals surface area (Å²) in [6, 6.07) is 4.15. The van der Waals surface area contributed by atoms with E-state index in [0.717, 1.165) is 31.0 Å². The van der Waals surface area contributed by atoms with Gasteiger partial charge in [0.25, 0.3) is 0 Å². The Morgan fingerprint density at radius 3 is 2.35 bits per heavy atom. The third-order valence-corrected chi connectivity index (χ3v) is 4.73. The molecule has 0 radical (unpaired) electrons. The highest BCUT2D eigenvalue weighted by molar-refractivity contribution is 5.48. The quantitative estimate of drug-likeness (QED) is 0.863. The van der Waals surface area contributed by atoms with Crippen molar-refractivity contribution in [3.8, 4) is 11.5 Å².